The standard InChI is InChI=1S/C21H16F4O/c1-2-14-5-3-7-17(11-14)26-18-8-4-6-15(12-18)19-13-16(22)9-10-20(19)21(23,24)25/h3-13H,2H2,1H3. The molecule has 26 heavy (non-hydrogen) atoms. The van der Waals surface area contributed by atoms with E-state index in [1.807, 2.05) is 25.1 Å². The Hall–Kier alpha value is -2.82. The molecule has 0 aromatic heterocycles. The summed E-state index contributed by atoms with van der Waals surface area (Å²) in [6.45, 7) is 2.02. The first-order valence-corrected chi connectivity index (χ1v) is 8.11. The molecule has 0 amide bonds. The summed E-state index contributed by atoms with van der Waals surface area (Å²) in [5, 5.41) is 0. The molecule has 0 radical (unpaired) electrons. The molecular weight excluding hydrogens is 344 g/mol. The summed E-state index contributed by atoms with van der Waals surface area (Å²) in [7, 11) is 0. The molecule has 0 aliphatic carbocycles. The maximum atomic E-state index is 13.6. The third kappa shape index (κ3) is 4.04. The molecule has 0 saturated heterocycles. The summed E-state index contributed by atoms with van der Waals surface area (Å²) in [6, 6.07) is 16.1. The second-order valence-corrected chi connectivity index (χ2v) is 5.82. The molecule has 0 N–H and O–H groups in total. The Labute approximate surface area is 148 Å². The van der Waals surface area contributed by atoms with E-state index >= 15 is 0 Å². The number of hydrogen-bond donors (Lipinski definition) is 0. The van der Waals surface area contributed by atoms with Gasteiger partial charge in [-0.3, -0.25) is 0 Å². The van der Waals surface area contributed by atoms with Crippen molar-refractivity contribution in [2.45, 2.75) is 19.5 Å². The zero-order chi connectivity index (χ0) is 18.7. The Morgan fingerprint density at radius 1 is 0.846 bits per heavy atom. The van der Waals surface area contributed by atoms with Crippen LogP contribution < -0.4 is 4.74 Å². The van der Waals surface area contributed by atoms with Crippen LogP contribution in [-0.2, 0) is 12.6 Å². The Kier molecular flexibility index (Phi) is 4.98. The van der Waals surface area contributed by atoms with Crippen LogP contribution in [0.3, 0.4) is 0 Å². The van der Waals surface area contributed by atoms with Crippen molar-refractivity contribution in [3.05, 3.63) is 83.7 Å². The largest absolute Gasteiger partial charge is 0.457 e. The predicted molar refractivity (Wildman–Crippen MR) is 92.7 cm³/mol. The van der Waals surface area contributed by atoms with Gasteiger partial charge in [0.1, 0.15) is 17.3 Å². The minimum Gasteiger partial charge on any atom is -0.457 e. The van der Waals surface area contributed by atoms with Crippen LogP contribution >= 0.6 is 0 Å². The highest BCUT2D eigenvalue weighted by atomic mass is 19.4. The molecule has 0 spiro atoms. The first kappa shape index (κ1) is 18.0. The van der Waals surface area contributed by atoms with Gasteiger partial charge in [0.25, 0.3) is 0 Å². The van der Waals surface area contributed by atoms with Gasteiger partial charge in [0.05, 0.1) is 5.56 Å². The molecule has 134 valence electrons. The topological polar surface area (TPSA) is 9.23 Å². The quantitative estimate of drug-likeness (QED) is 0.462. The second kappa shape index (κ2) is 7.20. The Balaban J connectivity index is 1.99. The lowest BCUT2D eigenvalue weighted by molar-refractivity contribution is -0.137. The molecule has 0 bridgehead atoms. The third-order valence-corrected chi connectivity index (χ3v) is 3.97. The highest BCUT2D eigenvalue weighted by Gasteiger charge is 2.33. The summed E-state index contributed by atoms with van der Waals surface area (Å²) < 4.78 is 59.0. The van der Waals surface area contributed by atoms with E-state index in [0.717, 1.165) is 30.2 Å². The van der Waals surface area contributed by atoms with Crippen molar-refractivity contribution in [3.8, 4) is 22.6 Å². The predicted octanol–water partition coefficient (Wildman–Crippen LogP) is 6.87. The molecule has 1 nitrogen and oxygen atoms in total. The summed E-state index contributed by atoms with van der Waals surface area (Å²) in [4.78, 5) is 0. The molecule has 5 heteroatoms. The third-order valence-electron chi connectivity index (χ3n) is 3.97. The molecule has 3 aromatic carbocycles. The summed E-state index contributed by atoms with van der Waals surface area (Å²) in [5.41, 5.74) is 0.221. The van der Waals surface area contributed by atoms with Crippen molar-refractivity contribution >= 4 is 0 Å². The Bertz CT molecular complexity index is 916. The van der Waals surface area contributed by atoms with Crippen LogP contribution in [0.2, 0.25) is 0 Å². The van der Waals surface area contributed by atoms with Crippen LogP contribution in [0.25, 0.3) is 11.1 Å². The number of aryl methyl sites for hydroxylation is 1. The number of hydrogen-bond acceptors (Lipinski definition) is 1. The number of alkyl halides is 3. The van der Waals surface area contributed by atoms with Crippen molar-refractivity contribution < 1.29 is 22.3 Å². The number of halogens is 4. The van der Waals surface area contributed by atoms with E-state index in [1.54, 1.807) is 18.2 Å². The molecule has 0 atom stereocenters. The van der Waals surface area contributed by atoms with E-state index in [4.69, 9.17) is 4.74 Å². The smallest absolute Gasteiger partial charge is 0.417 e. The van der Waals surface area contributed by atoms with Gasteiger partial charge in [0.2, 0.25) is 0 Å². The number of ether oxygens (including phenoxy) is 1. The number of benzene rings is 3. The lowest BCUT2D eigenvalue weighted by Gasteiger charge is -2.14. The van der Waals surface area contributed by atoms with E-state index in [-0.39, 0.29) is 11.1 Å². The maximum Gasteiger partial charge on any atom is 0.417 e. The minimum atomic E-state index is -4.57. The molecular formula is C21H16F4O. The van der Waals surface area contributed by atoms with Crippen molar-refractivity contribution in [3.63, 3.8) is 0 Å². The fraction of sp³-hybridized carbons (Fsp3) is 0.143. The van der Waals surface area contributed by atoms with Crippen LogP contribution in [0.1, 0.15) is 18.1 Å². The first-order chi connectivity index (χ1) is 12.4. The SMILES string of the molecule is CCc1cccc(Oc2cccc(-c3cc(F)ccc3C(F)(F)F)c2)c1. The van der Waals surface area contributed by atoms with Crippen LogP contribution in [0.4, 0.5) is 17.6 Å². The lowest BCUT2D eigenvalue weighted by Crippen LogP contribution is -2.07. The van der Waals surface area contributed by atoms with Crippen molar-refractivity contribution in [2.75, 3.05) is 0 Å². The fourth-order valence-corrected chi connectivity index (χ4v) is 2.69. The van der Waals surface area contributed by atoms with Gasteiger partial charge in [-0.15, -0.1) is 0 Å². The van der Waals surface area contributed by atoms with Gasteiger partial charge < -0.3 is 4.74 Å². The Morgan fingerprint density at radius 2 is 1.54 bits per heavy atom. The highest BCUT2D eigenvalue weighted by Crippen LogP contribution is 2.38. The van der Waals surface area contributed by atoms with Crippen LogP contribution in [-0.4, -0.2) is 0 Å². The minimum absolute atomic E-state index is 0.217. The summed E-state index contributed by atoms with van der Waals surface area (Å²) >= 11 is 0. The van der Waals surface area contributed by atoms with E-state index < -0.39 is 17.6 Å². The van der Waals surface area contributed by atoms with Gasteiger partial charge in [-0.1, -0.05) is 31.2 Å². The van der Waals surface area contributed by atoms with Gasteiger partial charge in [0.15, 0.2) is 0 Å². The van der Waals surface area contributed by atoms with Crippen LogP contribution in [0.15, 0.2) is 66.7 Å². The van der Waals surface area contributed by atoms with E-state index in [9.17, 15) is 17.6 Å². The molecule has 0 aliphatic heterocycles. The molecule has 3 rings (SSSR count). The average molecular weight is 360 g/mol. The van der Waals surface area contributed by atoms with Crippen LogP contribution in [0, 0.1) is 5.82 Å². The zero-order valence-electron chi connectivity index (χ0n) is 14.0. The van der Waals surface area contributed by atoms with Crippen LogP contribution in [0.5, 0.6) is 11.5 Å². The molecule has 0 saturated carbocycles. The van der Waals surface area contributed by atoms with Gasteiger partial charge >= 0.3 is 6.18 Å². The molecule has 0 heterocycles. The summed E-state index contributed by atoms with van der Waals surface area (Å²) in [5.74, 6) is 0.250. The normalized spacial score (nSPS) is 11.4. The molecule has 3 aromatic rings. The molecule has 0 fully saturated rings. The summed E-state index contributed by atoms with van der Waals surface area (Å²) in [6.07, 6.45) is -3.73. The zero-order valence-corrected chi connectivity index (χ0v) is 14.0. The van der Waals surface area contributed by atoms with E-state index in [1.165, 1.54) is 12.1 Å². The average Bonchev–Trinajstić information content (AvgIpc) is 2.61. The number of rotatable bonds is 4. The van der Waals surface area contributed by atoms with Gasteiger partial charge in [-0.25, -0.2) is 4.39 Å². The first-order valence-electron chi connectivity index (χ1n) is 8.11. The maximum absolute atomic E-state index is 13.6. The van der Waals surface area contributed by atoms with Crippen molar-refractivity contribution in [1.29, 1.82) is 0 Å². The van der Waals surface area contributed by atoms with Crippen molar-refractivity contribution in [2.24, 2.45) is 0 Å². The van der Waals surface area contributed by atoms with Crippen molar-refractivity contribution in [1.82, 2.24) is 0 Å². The van der Waals surface area contributed by atoms with Gasteiger partial charge in [-0.2, -0.15) is 13.2 Å². The highest BCUT2D eigenvalue weighted by molar-refractivity contribution is 5.69. The molecule has 0 unspecified atom stereocenters. The fourth-order valence-electron chi connectivity index (χ4n) is 2.69. The molecule has 0 aliphatic rings. The second-order valence-electron chi connectivity index (χ2n) is 5.82. The van der Waals surface area contributed by atoms with E-state index in [2.05, 4.69) is 0 Å². The monoisotopic (exact) mass is 360 g/mol. The van der Waals surface area contributed by atoms with Gasteiger partial charge in [-0.05, 0) is 65.6 Å². The Morgan fingerprint density at radius 3 is 2.23 bits per heavy atom. The van der Waals surface area contributed by atoms with E-state index in [0.29, 0.717) is 11.5 Å². The van der Waals surface area contributed by atoms with Gasteiger partial charge in [0, 0.05) is 0 Å². The lowest BCUT2D eigenvalue weighted by atomic mass is 9.99.